The molecule has 2 rings (SSSR count). The fourth-order valence-corrected chi connectivity index (χ4v) is 2.13. The van der Waals surface area contributed by atoms with Crippen LogP contribution < -0.4 is 10.1 Å². The summed E-state index contributed by atoms with van der Waals surface area (Å²) in [7, 11) is 1.68. The van der Waals surface area contributed by atoms with Gasteiger partial charge in [-0.3, -0.25) is 4.68 Å². The Bertz CT molecular complexity index is 539. The quantitative estimate of drug-likeness (QED) is 0.808. The summed E-state index contributed by atoms with van der Waals surface area (Å²) in [5, 5.41) is 16.5. The molecule has 0 radical (unpaired) electrons. The Morgan fingerprint density at radius 2 is 2.20 bits per heavy atom. The minimum absolute atomic E-state index is 0.103. The first-order chi connectivity index (χ1) is 9.74. The van der Waals surface area contributed by atoms with Crippen molar-refractivity contribution in [2.24, 2.45) is 0 Å². The molecule has 0 fully saturated rings. The van der Waals surface area contributed by atoms with Gasteiger partial charge in [-0.1, -0.05) is 18.2 Å². The lowest BCUT2D eigenvalue weighted by atomic mass is 10.1. The highest BCUT2D eigenvalue weighted by molar-refractivity contribution is 5.35. The van der Waals surface area contributed by atoms with Crippen molar-refractivity contribution >= 4 is 0 Å². The van der Waals surface area contributed by atoms with Crippen molar-refractivity contribution in [2.75, 3.05) is 13.7 Å². The average Bonchev–Trinajstić information content (AvgIpc) is 2.93. The Kier molecular flexibility index (Phi) is 5.15. The van der Waals surface area contributed by atoms with E-state index in [4.69, 9.17) is 9.84 Å². The molecule has 0 aliphatic rings. The maximum atomic E-state index is 8.86. The summed E-state index contributed by atoms with van der Waals surface area (Å²) in [6, 6.07) is 8.19. The highest BCUT2D eigenvalue weighted by Gasteiger charge is 2.10. The Labute approximate surface area is 119 Å². The number of aliphatic hydroxyl groups is 1. The van der Waals surface area contributed by atoms with Crippen LogP contribution in [-0.2, 0) is 13.1 Å². The van der Waals surface area contributed by atoms with Gasteiger partial charge in [0.1, 0.15) is 5.75 Å². The zero-order valence-electron chi connectivity index (χ0n) is 11.9. The SMILES string of the molecule is COc1ccccc1[C@H](C)NCc1cnn(CCO)c1. The van der Waals surface area contributed by atoms with Gasteiger partial charge >= 0.3 is 0 Å². The number of hydrogen-bond donors (Lipinski definition) is 2. The summed E-state index contributed by atoms with van der Waals surface area (Å²) in [4.78, 5) is 0. The molecule has 1 aromatic heterocycles. The first-order valence-electron chi connectivity index (χ1n) is 6.73. The first kappa shape index (κ1) is 14.6. The maximum absolute atomic E-state index is 8.86. The molecule has 0 bridgehead atoms. The van der Waals surface area contributed by atoms with E-state index in [1.807, 2.05) is 30.6 Å². The van der Waals surface area contributed by atoms with Crippen molar-refractivity contribution in [3.05, 3.63) is 47.8 Å². The van der Waals surface area contributed by atoms with Gasteiger partial charge in [-0.15, -0.1) is 0 Å². The van der Waals surface area contributed by atoms with E-state index in [0.29, 0.717) is 6.54 Å². The van der Waals surface area contributed by atoms with E-state index < -0.39 is 0 Å². The topological polar surface area (TPSA) is 59.3 Å². The Morgan fingerprint density at radius 1 is 1.40 bits per heavy atom. The third-order valence-electron chi connectivity index (χ3n) is 3.23. The summed E-state index contributed by atoms with van der Waals surface area (Å²) in [5.74, 6) is 0.892. The van der Waals surface area contributed by atoms with Crippen molar-refractivity contribution in [3.63, 3.8) is 0 Å². The smallest absolute Gasteiger partial charge is 0.123 e. The Morgan fingerprint density at radius 3 is 2.95 bits per heavy atom. The molecule has 0 saturated carbocycles. The van der Waals surface area contributed by atoms with E-state index in [0.717, 1.165) is 23.4 Å². The second-order valence-electron chi connectivity index (χ2n) is 4.68. The first-order valence-corrected chi connectivity index (χ1v) is 6.73. The molecule has 1 heterocycles. The summed E-state index contributed by atoms with van der Waals surface area (Å²) >= 11 is 0. The highest BCUT2D eigenvalue weighted by atomic mass is 16.5. The number of para-hydroxylation sites is 1. The minimum Gasteiger partial charge on any atom is -0.496 e. The van der Waals surface area contributed by atoms with Gasteiger partial charge in [-0.2, -0.15) is 5.10 Å². The van der Waals surface area contributed by atoms with Crippen molar-refractivity contribution < 1.29 is 9.84 Å². The Balaban J connectivity index is 1.95. The van der Waals surface area contributed by atoms with E-state index in [9.17, 15) is 0 Å². The van der Waals surface area contributed by atoms with Crippen LogP contribution in [-0.4, -0.2) is 28.6 Å². The fourth-order valence-electron chi connectivity index (χ4n) is 2.13. The number of benzene rings is 1. The molecule has 1 atom stereocenters. The molecule has 0 saturated heterocycles. The molecule has 0 spiro atoms. The molecule has 20 heavy (non-hydrogen) atoms. The van der Waals surface area contributed by atoms with Crippen LogP contribution in [0.15, 0.2) is 36.7 Å². The molecule has 0 amide bonds. The molecule has 5 nitrogen and oxygen atoms in total. The third kappa shape index (κ3) is 3.59. The van der Waals surface area contributed by atoms with E-state index >= 15 is 0 Å². The number of ether oxygens (including phenoxy) is 1. The zero-order valence-corrected chi connectivity index (χ0v) is 11.9. The second-order valence-corrected chi connectivity index (χ2v) is 4.68. The molecule has 108 valence electrons. The van der Waals surface area contributed by atoms with Crippen molar-refractivity contribution in [1.82, 2.24) is 15.1 Å². The minimum atomic E-state index is 0.103. The molecular formula is C15H21N3O2. The molecule has 1 aromatic carbocycles. The van der Waals surface area contributed by atoms with Crippen molar-refractivity contribution in [3.8, 4) is 5.75 Å². The van der Waals surface area contributed by atoms with Crippen LogP contribution in [0, 0.1) is 0 Å². The van der Waals surface area contributed by atoms with Crippen LogP contribution in [0.5, 0.6) is 5.75 Å². The van der Waals surface area contributed by atoms with Gasteiger partial charge in [0.15, 0.2) is 0 Å². The molecule has 2 N–H and O–H groups in total. The van der Waals surface area contributed by atoms with Crippen molar-refractivity contribution in [1.29, 1.82) is 0 Å². The van der Waals surface area contributed by atoms with E-state index in [1.54, 1.807) is 11.8 Å². The average molecular weight is 275 g/mol. The van der Waals surface area contributed by atoms with Gasteiger partial charge in [0, 0.05) is 29.9 Å². The van der Waals surface area contributed by atoms with Crippen LogP contribution in [0.2, 0.25) is 0 Å². The van der Waals surface area contributed by atoms with Gasteiger partial charge in [0.05, 0.1) is 26.5 Å². The van der Waals surface area contributed by atoms with Crippen LogP contribution in [0.4, 0.5) is 0 Å². The Hall–Kier alpha value is -1.85. The number of aliphatic hydroxyl groups excluding tert-OH is 1. The number of rotatable bonds is 7. The van der Waals surface area contributed by atoms with Gasteiger partial charge in [0.25, 0.3) is 0 Å². The molecule has 0 unspecified atom stereocenters. The number of nitrogens with one attached hydrogen (secondary N) is 1. The van der Waals surface area contributed by atoms with Gasteiger partial charge in [-0.05, 0) is 13.0 Å². The number of methoxy groups -OCH3 is 1. The van der Waals surface area contributed by atoms with Gasteiger partial charge in [0.2, 0.25) is 0 Å². The lowest BCUT2D eigenvalue weighted by molar-refractivity contribution is 0.269. The zero-order chi connectivity index (χ0) is 14.4. The number of aromatic nitrogens is 2. The summed E-state index contributed by atoms with van der Waals surface area (Å²) in [6.07, 6.45) is 3.76. The van der Waals surface area contributed by atoms with Crippen LogP contribution in [0.3, 0.4) is 0 Å². The maximum Gasteiger partial charge on any atom is 0.123 e. The molecule has 2 aromatic rings. The van der Waals surface area contributed by atoms with Crippen LogP contribution in [0.25, 0.3) is 0 Å². The van der Waals surface area contributed by atoms with Crippen LogP contribution in [0.1, 0.15) is 24.1 Å². The monoisotopic (exact) mass is 275 g/mol. The summed E-state index contributed by atoms with van der Waals surface area (Å²) in [6.45, 7) is 3.47. The van der Waals surface area contributed by atoms with Crippen LogP contribution >= 0.6 is 0 Å². The van der Waals surface area contributed by atoms with E-state index in [2.05, 4.69) is 23.4 Å². The normalized spacial score (nSPS) is 12.3. The largest absolute Gasteiger partial charge is 0.496 e. The predicted molar refractivity (Wildman–Crippen MR) is 77.6 cm³/mol. The molecule has 5 heteroatoms. The fraction of sp³-hybridized carbons (Fsp3) is 0.400. The molecule has 0 aliphatic heterocycles. The van der Waals surface area contributed by atoms with E-state index in [-0.39, 0.29) is 12.6 Å². The van der Waals surface area contributed by atoms with Gasteiger partial charge in [-0.25, -0.2) is 0 Å². The lowest BCUT2D eigenvalue weighted by Gasteiger charge is -2.16. The summed E-state index contributed by atoms with van der Waals surface area (Å²) < 4.78 is 7.11. The number of nitrogens with zero attached hydrogens (tertiary/aromatic N) is 2. The van der Waals surface area contributed by atoms with E-state index in [1.165, 1.54) is 0 Å². The predicted octanol–water partition coefficient (Wildman–Crippen LogP) is 1.73. The highest BCUT2D eigenvalue weighted by Crippen LogP contribution is 2.24. The standard InChI is InChI=1S/C15H21N3O2/c1-12(14-5-3-4-6-15(14)20-2)16-9-13-10-17-18(11-13)7-8-19/h3-6,10-12,16,19H,7-9H2,1-2H3/t12-/m0/s1. The van der Waals surface area contributed by atoms with Gasteiger partial charge < -0.3 is 15.2 Å². The summed E-state index contributed by atoms with van der Waals surface area (Å²) in [5.41, 5.74) is 2.23. The lowest BCUT2D eigenvalue weighted by Crippen LogP contribution is -2.18. The number of hydrogen-bond acceptors (Lipinski definition) is 4. The third-order valence-corrected chi connectivity index (χ3v) is 3.23. The van der Waals surface area contributed by atoms with Crippen molar-refractivity contribution in [2.45, 2.75) is 26.1 Å². The second kappa shape index (κ2) is 7.07. The molecular weight excluding hydrogens is 254 g/mol. The molecule has 0 aliphatic carbocycles.